The molecule has 0 aliphatic heterocycles. The van der Waals surface area contributed by atoms with E-state index in [4.69, 9.17) is 0 Å². The Hall–Kier alpha value is -6.96. The third-order valence-corrected chi connectivity index (χ3v) is 11.1. The first kappa shape index (κ1) is 32.7. The predicted molar refractivity (Wildman–Crippen MR) is 235 cm³/mol. The Labute approximate surface area is 323 Å². The maximum absolute atomic E-state index is 2.44. The highest BCUT2D eigenvalue weighted by atomic mass is 15.1. The maximum atomic E-state index is 2.44. The molecule has 10 rings (SSSR count). The molecule has 0 saturated carbocycles. The van der Waals surface area contributed by atoms with Crippen LogP contribution in [0.3, 0.4) is 0 Å². The van der Waals surface area contributed by atoms with E-state index >= 15 is 0 Å². The molecule has 9 aromatic carbocycles. The Morgan fingerprint density at radius 1 is 0.364 bits per heavy atom. The molecule has 55 heavy (non-hydrogen) atoms. The van der Waals surface area contributed by atoms with E-state index < -0.39 is 0 Å². The third kappa shape index (κ3) is 6.10. The lowest BCUT2D eigenvalue weighted by atomic mass is 9.88. The Bertz CT molecular complexity index is 2830. The fourth-order valence-corrected chi connectivity index (χ4v) is 8.41. The van der Waals surface area contributed by atoms with Crippen molar-refractivity contribution >= 4 is 44.7 Å². The van der Waals surface area contributed by atoms with Crippen LogP contribution in [0.15, 0.2) is 206 Å². The van der Waals surface area contributed by atoms with E-state index in [2.05, 4.69) is 217 Å². The number of benzene rings is 9. The van der Waals surface area contributed by atoms with Gasteiger partial charge in [-0.15, -0.1) is 0 Å². The molecule has 0 aromatic heterocycles. The molecule has 0 spiro atoms. The number of rotatable bonds is 7. The van der Waals surface area contributed by atoms with E-state index in [0.717, 1.165) is 29.9 Å². The summed E-state index contributed by atoms with van der Waals surface area (Å²) in [5, 5.41) is 4.94. The zero-order valence-corrected chi connectivity index (χ0v) is 30.6. The van der Waals surface area contributed by atoms with Crippen molar-refractivity contribution < 1.29 is 0 Å². The summed E-state index contributed by atoms with van der Waals surface area (Å²) >= 11 is 0. The van der Waals surface area contributed by atoms with Gasteiger partial charge in [-0.05, 0) is 115 Å². The van der Waals surface area contributed by atoms with E-state index in [1.165, 1.54) is 77.2 Å². The molecule has 0 bridgehead atoms. The molecular formula is C54H39N. The van der Waals surface area contributed by atoms with Crippen molar-refractivity contribution in [2.75, 3.05) is 4.90 Å². The van der Waals surface area contributed by atoms with Crippen molar-refractivity contribution in [2.45, 2.75) is 12.8 Å². The van der Waals surface area contributed by atoms with Crippen molar-refractivity contribution in [3.8, 4) is 44.5 Å². The van der Waals surface area contributed by atoms with E-state index in [-0.39, 0.29) is 0 Å². The van der Waals surface area contributed by atoms with Crippen LogP contribution in [-0.2, 0) is 6.42 Å². The molecule has 0 radical (unpaired) electrons. The summed E-state index contributed by atoms with van der Waals surface area (Å²) < 4.78 is 0. The molecule has 0 heterocycles. The third-order valence-electron chi connectivity index (χ3n) is 11.1. The highest BCUT2D eigenvalue weighted by Gasteiger charge is 2.20. The van der Waals surface area contributed by atoms with Gasteiger partial charge < -0.3 is 4.90 Å². The molecule has 1 aliphatic rings. The smallest absolute Gasteiger partial charge is 0.0546 e. The molecule has 1 nitrogen and oxygen atoms in total. The standard InChI is InChI=1S/C54H39N/c1-3-14-38(15-4-1)39-30-32-45(33-31-39)55(54-36-44-19-8-10-22-49(44)51-23-11-12-24-52(51)54)46-34-35-50(53(37-46)41-16-5-2-6-17-41)43-28-26-42(27-29-43)48-25-13-20-40-18-7-9-21-47(40)48/h1-6,8-17,19-37H,7,18H2. The Morgan fingerprint density at radius 3 is 1.71 bits per heavy atom. The minimum Gasteiger partial charge on any atom is -0.310 e. The predicted octanol–water partition coefficient (Wildman–Crippen LogP) is 15.1. The van der Waals surface area contributed by atoms with Crippen LogP contribution in [0.2, 0.25) is 0 Å². The summed E-state index contributed by atoms with van der Waals surface area (Å²) in [5.41, 5.74) is 15.9. The van der Waals surface area contributed by atoms with Crippen LogP contribution in [0.4, 0.5) is 17.1 Å². The van der Waals surface area contributed by atoms with Crippen LogP contribution < -0.4 is 4.90 Å². The van der Waals surface area contributed by atoms with Crippen LogP contribution in [-0.4, -0.2) is 0 Å². The number of aryl methyl sites for hydroxylation is 1. The first-order chi connectivity index (χ1) is 27.3. The lowest BCUT2D eigenvalue weighted by Gasteiger charge is -2.29. The zero-order valence-electron chi connectivity index (χ0n) is 30.6. The lowest BCUT2D eigenvalue weighted by molar-refractivity contribution is 0.986. The van der Waals surface area contributed by atoms with Gasteiger partial charge in [-0.1, -0.05) is 182 Å². The monoisotopic (exact) mass is 701 g/mol. The van der Waals surface area contributed by atoms with Gasteiger partial charge in [0.2, 0.25) is 0 Å². The first-order valence-corrected chi connectivity index (χ1v) is 19.2. The molecule has 0 fully saturated rings. The zero-order chi connectivity index (χ0) is 36.6. The molecule has 0 saturated heterocycles. The summed E-state index contributed by atoms with van der Waals surface area (Å²) in [6, 6.07) is 73.2. The van der Waals surface area contributed by atoms with Crippen LogP contribution in [0.1, 0.15) is 17.5 Å². The largest absolute Gasteiger partial charge is 0.310 e. The van der Waals surface area contributed by atoms with Crippen LogP contribution in [0.5, 0.6) is 0 Å². The Morgan fingerprint density at radius 2 is 0.945 bits per heavy atom. The molecule has 1 aliphatic carbocycles. The fraction of sp³-hybridized carbons (Fsp3) is 0.0370. The Balaban J connectivity index is 1.15. The quantitative estimate of drug-likeness (QED) is 0.150. The van der Waals surface area contributed by atoms with Gasteiger partial charge in [-0.25, -0.2) is 0 Å². The van der Waals surface area contributed by atoms with Gasteiger partial charge in [-0.3, -0.25) is 0 Å². The minimum absolute atomic E-state index is 1.10. The highest BCUT2D eigenvalue weighted by molar-refractivity contribution is 6.14. The fourth-order valence-electron chi connectivity index (χ4n) is 8.41. The summed E-state index contributed by atoms with van der Waals surface area (Å²) in [5.74, 6) is 0. The Kier molecular flexibility index (Phi) is 8.39. The van der Waals surface area contributed by atoms with Gasteiger partial charge in [0.25, 0.3) is 0 Å². The average Bonchev–Trinajstić information content (AvgIpc) is 3.27. The molecule has 0 N–H and O–H groups in total. The van der Waals surface area contributed by atoms with E-state index in [1.54, 1.807) is 0 Å². The molecule has 0 atom stereocenters. The van der Waals surface area contributed by atoms with Crippen molar-refractivity contribution in [2.24, 2.45) is 0 Å². The van der Waals surface area contributed by atoms with E-state index in [1.807, 2.05) is 0 Å². The number of fused-ring (bicyclic) bond motifs is 4. The summed E-state index contributed by atoms with van der Waals surface area (Å²) in [6.07, 6.45) is 6.82. The number of allylic oxidation sites excluding steroid dienone is 1. The first-order valence-electron chi connectivity index (χ1n) is 19.2. The second-order valence-corrected chi connectivity index (χ2v) is 14.4. The van der Waals surface area contributed by atoms with Crippen molar-refractivity contribution in [3.63, 3.8) is 0 Å². The molecule has 9 aromatic rings. The van der Waals surface area contributed by atoms with Gasteiger partial charge in [0.05, 0.1) is 5.69 Å². The van der Waals surface area contributed by atoms with Crippen molar-refractivity contribution in [1.29, 1.82) is 0 Å². The number of hydrogen-bond acceptors (Lipinski definition) is 1. The average molecular weight is 702 g/mol. The van der Waals surface area contributed by atoms with Crippen molar-refractivity contribution in [1.82, 2.24) is 0 Å². The second-order valence-electron chi connectivity index (χ2n) is 14.4. The van der Waals surface area contributed by atoms with Crippen LogP contribution in [0, 0.1) is 0 Å². The molecular weight excluding hydrogens is 663 g/mol. The van der Waals surface area contributed by atoms with Crippen molar-refractivity contribution in [3.05, 3.63) is 217 Å². The van der Waals surface area contributed by atoms with Crippen LogP contribution >= 0.6 is 0 Å². The van der Waals surface area contributed by atoms with Gasteiger partial charge in [-0.2, -0.15) is 0 Å². The van der Waals surface area contributed by atoms with Gasteiger partial charge in [0.1, 0.15) is 0 Å². The summed E-state index contributed by atoms with van der Waals surface area (Å²) in [4.78, 5) is 2.44. The lowest BCUT2D eigenvalue weighted by Crippen LogP contribution is -2.11. The molecule has 0 amide bonds. The summed E-state index contributed by atoms with van der Waals surface area (Å²) in [6.45, 7) is 0. The van der Waals surface area contributed by atoms with Gasteiger partial charge in [0.15, 0.2) is 0 Å². The molecule has 1 heteroatoms. The molecule has 260 valence electrons. The molecule has 0 unspecified atom stereocenters. The van der Waals surface area contributed by atoms with E-state index in [0.29, 0.717) is 0 Å². The number of hydrogen-bond donors (Lipinski definition) is 0. The van der Waals surface area contributed by atoms with Crippen LogP contribution in [0.25, 0.3) is 72.1 Å². The highest BCUT2D eigenvalue weighted by Crippen LogP contribution is 2.45. The normalized spacial score (nSPS) is 12.1. The van der Waals surface area contributed by atoms with Gasteiger partial charge >= 0.3 is 0 Å². The summed E-state index contributed by atoms with van der Waals surface area (Å²) in [7, 11) is 0. The number of nitrogens with zero attached hydrogens (tertiary/aromatic N) is 1. The maximum Gasteiger partial charge on any atom is 0.0546 e. The number of anilines is 3. The minimum atomic E-state index is 1.10. The van der Waals surface area contributed by atoms with E-state index in [9.17, 15) is 0 Å². The second kappa shape index (κ2) is 14.1. The van der Waals surface area contributed by atoms with Gasteiger partial charge in [0, 0.05) is 16.8 Å². The SMILES string of the molecule is C1=Cc2c(cccc2-c2ccc(-c3ccc(N(c4ccc(-c5ccccc5)cc4)c4cc5ccccc5c5ccccc45)cc3-c3ccccc3)cc2)CC1. The topological polar surface area (TPSA) is 3.24 Å².